The predicted octanol–water partition coefficient (Wildman–Crippen LogP) is 2.57. The van der Waals surface area contributed by atoms with Gasteiger partial charge in [0.1, 0.15) is 24.6 Å². The number of hydrogen-bond acceptors (Lipinski definition) is 11. The molecule has 3 heterocycles. The van der Waals surface area contributed by atoms with Crippen LogP contribution in [0.4, 0.5) is 9.18 Å². The molecule has 0 saturated carbocycles. The van der Waals surface area contributed by atoms with Crippen LogP contribution in [0.25, 0.3) is 0 Å². The topological polar surface area (TPSA) is 150 Å². The molecular weight excluding hydrogens is 603 g/mol. The molecule has 0 aromatic rings. The first-order valence-electron chi connectivity index (χ1n) is 15.9. The van der Waals surface area contributed by atoms with Crippen LogP contribution in [0, 0.1) is 30.1 Å². The number of alkyl carbamates (subject to hydrolysis) is 1. The molecule has 3 rings (SSSR count). The van der Waals surface area contributed by atoms with E-state index in [1.807, 2.05) is 11.8 Å². The number of alkyl halides is 1. The third-order valence-electron chi connectivity index (χ3n) is 9.97. The second-order valence-corrected chi connectivity index (χ2v) is 13.9. The molecule has 1 amide bonds. The van der Waals surface area contributed by atoms with Crippen molar-refractivity contribution in [2.75, 3.05) is 20.7 Å². The first-order chi connectivity index (χ1) is 21.2. The Bertz CT molecular complexity index is 1210. The SMILES string of the molecule is C#CCO[C@@]1(C)C[C@@H](C)C(=O)[C@H](C)[C@H]2NC(=O)O[C@]2(C)[C@@H](CC)OC(=O)[C@@](C)(F)C(=O)[C@H](C)[C@H]1O[C@@H]1O[C@H](C)C[C@H](N(C)C)[C@H]1O. The lowest BCUT2D eigenvalue weighted by Crippen LogP contribution is -2.61. The summed E-state index contributed by atoms with van der Waals surface area (Å²) in [5, 5.41) is 14.0. The van der Waals surface area contributed by atoms with E-state index in [-0.39, 0.29) is 37.4 Å². The number of hydrogen-bond donors (Lipinski definition) is 2. The zero-order valence-corrected chi connectivity index (χ0v) is 28.6. The van der Waals surface area contributed by atoms with Crippen LogP contribution in [0.5, 0.6) is 0 Å². The molecule has 0 aromatic heterocycles. The number of cyclic esters (lactones) is 1. The van der Waals surface area contributed by atoms with Gasteiger partial charge in [-0.3, -0.25) is 9.59 Å². The number of carbonyl (C=O) groups excluding carboxylic acids is 4. The van der Waals surface area contributed by atoms with E-state index in [1.165, 1.54) is 13.8 Å². The number of rotatable bonds is 6. The maximum atomic E-state index is 16.5. The van der Waals surface area contributed by atoms with E-state index < -0.39 is 83.1 Å². The molecule has 3 aliphatic rings. The number of esters is 1. The molecule has 12 nitrogen and oxygen atoms in total. The third kappa shape index (κ3) is 7.26. The summed E-state index contributed by atoms with van der Waals surface area (Å²) >= 11 is 0. The summed E-state index contributed by atoms with van der Waals surface area (Å²) in [5.41, 5.74) is -6.26. The summed E-state index contributed by atoms with van der Waals surface area (Å²) in [6.07, 6.45) is -0.0845. The number of ether oxygens (including phenoxy) is 5. The average molecular weight is 655 g/mol. The maximum Gasteiger partial charge on any atom is 0.408 e. The van der Waals surface area contributed by atoms with E-state index in [0.717, 1.165) is 6.92 Å². The smallest absolute Gasteiger partial charge is 0.408 e. The van der Waals surface area contributed by atoms with Gasteiger partial charge in [-0.1, -0.05) is 33.6 Å². The Kier molecular flexibility index (Phi) is 11.7. The van der Waals surface area contributed by atoms with E-state index >= 15 is 4.39 Å². The van der Waals surface area contributed by atoms with Gasteiger partial charge in [0, 0.05) is 23.8 Å². The maximum absolute atomic E-state index is 16.5. The molecule has 3 fully saturated rings. The van der Waals surface area contributed by atoms with Gasteiger partial charge >= 0.3 is 12.1 Å². The average Bonchev–Trinajstić information content (AvgIpc) is 3.30. The van der Waals surface area contributed by atoms with Gasteiger partial charge in [-0.25, -0.2) is 14.0 Å². The lowest BCUT2D eigenvalue weighted by atomic mass is 9.73. The molecule has 3 aliphatic heterocycles. The van der Waals surface area contributed by atoms with Crippen LogP contribution >= 0.6 is 0 Å². The lowest BCUT2D eigenvalue weighted by molar-refractivity contribution is -0.296. The number of aliphatic hydroxyl groups is 1. The quantitative estimate of drug-likeness (QED) is 0.247. The zero-order chi connectivity index (χ0) is 34.9. The van der Waals surface area contributed by atoms with Gasteiger partial charge in [0.25, 0.3) is 5.67 Å². The van der Waals surface area contributed by atoms with Crippen molar-refractivity contribution in [3.63, 3.8) is 0 Å². The molecule has 13 atom stereocenters. The Morgan fingerprint density at radius 3 is 2.30 bits per heavy atom. The van der Waals surface area contributed by atoms with Crippen molar-refractivity contribution in [3.8, 4) is 12.3 Å². The zero-order valence-electron chi connectivity index (χ0n) is 28.6. The number of likely N-dealkylation sites (N-methyl/N-ethyl adjacent to an activating group) is 1. The summed E-state index contributed by atoms with van der Waals surface area (Å²) in [6, 6.07) is -1.32. The largest absolute Gasteiger partial charge is 0.455 e. The van der Waals surface area contributed by atoms with Gasteiger partial charge in [-0.15, -0.1) is 6.42 Å². The van der Waals surface area contributed by atoms with Gasteiger partial charge in [-0.2, -0.15) is 0 Å². The molecular formula is C33H51FN2O10. The number of halogens is 1. The summed E-state index contributed by atoms with van der Waals surface area (Å²) in [5.74, 6) is -3.55. The number of ketones is 2. The number of amides is 1. The van der Waals surface area contributed by atoms with Gasteiger partial charge in [0.05, 0.1) is 23.9 Å². The van der Waals surface area contributed by atoms with E-state index in [2.05, 4.69) is 11.2 Å². The molecule has 0 aliphatic carbocycles. The first kappa shape index (κ1) is 37.8. The van der Waals surface area contributed by atoms with Gasteiger partial charge in [0.15, 0.2) is 17.7 Å². The van der Waals surface area contributed by atoms with Gasteiger partial charge in [-0.05, 0) is 61.1 Å². The molecule has 0 unspecified atom stereocenters. The Morgan fingerprint density at radius 2 is 1.74 bits per heavy atom. The minimum Gasteiger partial charge on any atom is -0.455 e. The summed E-state index contributed by atoms with van der Waals surface area (Å²) in [7, 11) is 3.61. The van der Waals surface area contributed by atoms with E-state index in [4.69, 9.17) is 30.1 Å². The highest BCUT2D eigenvalue weighted by Gasteiger charge is 2.59. The fourth-order valence-corrected chi connectivity index (χ4v) is 7.34. The minimum atomic E-state index is -3.17. The van der Waals surface area contributed by atoms with Crippen LogP contribution in [0.1, 0.15) is 74.7 Å². The lowest BCUT2D eigenvalue weighted by Gasteiger charge is -2.47. The number of fused-ring (bicyclic) bond motifs is 1. The van der Waals surface area contributed by atoms with Crippen LogP contribution in [-0.4, -0.2) is 114 Å². The Morgan fingerprint density at radius 1 is 1.11 bits per heavy atom. The highest BCUT2D eigenvalue weighted by atomic mass is 19.1. The standard InChI is InChI=1S/C33H51FN2O10/c1-12-14-42-31(7)16-17(3)23(37)19(5)25-33(9,46-30(41)35-25)22(13-2)44-29(40)32(8,34)26(39)20(6)27(31)45-28-24(38)21(36(10)11)15-18(4)43-28/h1,17-22,24-25,27-28,38H,13-16H2,2-11H3,(H,35,41)/t17-,18-,19+,20+,21+,22-,24-,25-,27-,28+,31+,32+,33-/m1/s1. The highest BCUT2D eigenvalue weighted by Crippen LogP contribution is 2.41. The number of Topliss-reactive ketones (excluding diaryl/α,β-unsaturated/α-hetero) is 2. The molecule has 0 radical (unpaired) electrons. The molecule has 0 bridgehead atoms. The van der Waals surface area contributed by atoms with Crippen LogP contribution in [0.2, 0.25) is 0 Å². The van der Waals surface area contributed by atoms with Crippen LogP contribution in [0.3, 0.4) is 0 Å². The van der Waals surface area contributed by atoms with Crippen molar-refractivity contribution in [2.45, 2.75) is 134 Å². The van der Waals surface area contributed by atoms with Crippen LogP contribution < -0.4 is 5.32 Å². The Hall–Kier alpha value is -2.63. The van der Waals surface area contributed by atoms with Crippen molar-refractivity contribution in [1.29, 1.82) is 0 Å². The van der Waals surface area contributed by atoms with Crippen LogP contribution in [0.15, 0.2) is 0 Å². The number of aliphatic hydroxyl groups excluding tert-OH is 1. The number of carbonyl (C=O) groups is 4. The second-order valence-electron chi connectivity index (χ2n) is 13.9. The van der Waals surface area contributed by atoms with Crippen molar-refractivity contribution in [2.24, 2.45) is 17.8 Å². The Balaban J connectivity index is 2.18. The fourth-order valence-electron chi connectivity index (χ4n) is 7.34. The number of terminal acetylenes is 1. The molecule has 46 heavy (non-hydrogen) atoms. The monoisotopic (exact) mass is 654 g/mol. The summed E-state index contributed by atoms with van der Waals surface area (Å²) in [6.45, 7) is 11.8. The first-order valence-corrected chi connectivity index (χ1v) is 15.9. The van der Waals surface area contributed by atoms with Crippen molar-refractivity contribution >= 4 is 23.6 Å². The molecule has 0 aromatic carbocycles. The third-order valence-corrected chi connectivity index (χ3v) is 9.97. The van der Waals surface area contributed by atoms with Crippen molar-refractivity contribution in [1.82, 2.24) is 10.2 Å². The molecule has 2 N–H and O–H groups in total. The van der Waals surface area contributed by atoms with Crippen molar-refractivity contribution in [3.05, 3.63) is 0 Å². The fraction of sp³-hybridized carbons (Fsp3) is 0.818. The Labute approximate surface area is 271 Å². The highest BCUT2D eigenvalue weighted by molar-refractivity contribution is 6.07. The molecule has 3 saturated heterocycles. The predicted molar refractivity (Wildman–Crippen MR) is 164 cm³/mol. The molecule has 13 heteroatoms. The molecule has 260 valence electrons. The van der Waals surface area contributed by atoms with Gasteiger partial charge < -0.3 is 39.0 Å². The van der Waals surface area contributed by atoms with Crippen molar-refractivity contribution < 1.29 is 52.4 Å². The summed E-state index contributed by atoms with van der Waals surface area (Å²) in [4.78, 5) is 55.9. The van der Waals surface area contributed by atoms with E-state index in [9.17, 15) is 24.3 Å². The minimum absolute atomic E-state index is 0.0570. The van der Waals surface area contributed by atoms with E-state index in [1.54, 1.807) is 41.8 Å². The molecule has 0 spiro atoms. The van der Waals surface area contributed by atoms with E-state index in [0.29, 0.717) is 6.42 Å². The van der Waals surface area contributed by atoms with Gasteiger partial charge in [0.2, 0.25) is 0 Å². The normalized spacial score (nSPS) is 44.4. The second kappa shape index (κ2) is 14.2. The number of nitrogens with one attached hydrogen (secondary N) is 1. The number of nitrogens with zero attached hydrogens (tertiary/aromatic N) is 1. The summed E-state index contributed by atoms with van der Waals surface area (Å²) < 4.78 is 46.2. The van der Waals surface area contributed by atoms with Crippen LogP contribution in [-0.2, 0) is 38.1 Å².